The third-order valence-corrected chi connectivity index (χ3v) is 2.69. The van der Waals surface area contributed by atoms with Crippen LogP contribution in [0, 0.1) is 0 Å². The summed E-state index contributed by atoms with van der Waals surface area (Å²) in [5, 5.41) is 12.0. The molecule has 0 aliphatic rings. The molecule has 0 aliphatic heterocycles. The van der Waals surface area contributed by atoms with E-state index in [-0.39, 0.29) is 12.3 Å². The van der Waals surface area contributed by atoms with E-state index in [9.17, 15) is 9.50 Å². The second-order valence-electron chi connectivity index (χ2n) is 3.39. The lowest BCUT2D eigenvalue weighted by atomic mass is 9.98. The Labute approximate surface area is 91.3 Å². The second kappa shape index (κ2) is 4.28. The predicted molar refractivity (Wildman–Crippen MR) is 58.2 cm³/mol. The van der Waals surface area contributed by atoms with Gasteiger partial charge >= 0.3 is 0 Å². The summed E-state index contributed by atoms with van der Waals surface area (Å²) >= 11 is 3.15. The van der Waals surface area contributed by atoms with Gasteiger partial charge in [-0.1, -0.05) is 6.07 Å². The number of alkyl halides is 1. The molecule has 0 radical (unpaired) electrons. The van der Waals surface area contributed by atoms with Gasteiger partial charge in [-0.15, -0.1) is 0 Å². The Morgan fingerprint density at radius 3 is 2.71 bits per heavy atom. The Morgan fingerprint density at radius 2 is 2.21 bits per heavy atom. The van der Waals surface area contributed by atoms with Gasteiger partial charge in [-0.3, -0.25) is 0 Å². The van der Waals surface area contributed by atoms with Crippen molar-refractivity contribution < 1.29 is 9.50 Å². The van der Waals surface area contributed by atoms with E-state index in [1.54, 1.807) is 19.2 Å². The van der Waals surface area contributed by atoms with Crippen molar-refractivity contribution in [1.82, 2.24) is 5.32 Å². The van der Waals surface area contributed by atoms with Crippen LogP contribution < -0.4 is 5.32 Å². The van der Waals surface area contributed by atoms with Gasteiger partial charge in [0.15, 0.2) is 0 Å². The Morgan fingerprint density at radius 1 is 1.57 bits per heavy atom. The lowest BCUT2D eigenvalue weighted by Gasteiger charge is -2.20. The van der Waals surface area contributed by atoms with Crippen LogP contribution in [0.3, 0.4) is 0 Å². The summed E-state index contributed by atoms with van der Waals surface area (Å²) in [4.78, 5) is 0. The van der Waals surface area contributed by atoms with E-state index >= 15 is 0 Å². The van der Waals surface area contributed by atoms with Crippen molar-refractivity contribution in [2.24, 2.45) is 0 Å². The highest BCUT2D eigenvalue weighted by Gasteiger charge is 2.25. The number of rotatable bonds is 3. The summed E-state index contributed by atoms with van der Waals surface area (Å²) in [5.41, 5.74) is -0.887. The normalized spacial score (nSPS) is 15.1. The monoisotopic (exact) mass is 261 g/mol. The zero-order chi connectivity index (χ0) is 10.8. The predicted octanol–water partition coefficient (Wildman–Crippen LogP) is 2.56. The van der Waals surface area contributed by atoms with Crippen molar-refractivity contribution in [2.75, 3.05) is 13.6 Å². The topological polar surface area (TPSA) is 32.3 Å². The first kappa shape index (κ1) is 11.5. The van der Waals surface area contributed by atoms with Gasteiger partial charge in [0.25, 0.3) is 0 Å². The molecule has 4 heteroatoms. The lowest BCUT2D eigenvalue weighted by Crippen LogP contribution is -2.29. The molecular weight excluding hydrogens is 249 g/mol. The van der Waals surface area contributed by atoms with Crippen LogP contribution in [0.5, 0.6) is 5.75 Å². The largest absolute Gasteiger partial charge is 0.507 e. The molecule has 0 aliphatic carbocycles. The van der Waals surface area contributed by atoms with Gasteiger partial charge in [-0.05, 0) is 47.6 Å². The molecule has 2 N–H and O–H groups in total. The van der Waals surface area contributed by atoms with E-state index in [0.29, 0.717) is 10.0 Å². The first-order valence-corrected chi connectivity index (χ1v) is 5.09. The van der Waals surface area contributed by atoms with Crippen molar-refractivity contribution in [3.63, 3.8) is 0 Å². The van der Waals surface area contributed by atoms with Crippen LogP contribution in [0.1, 0.15) is 12.5 Å². The summed E-state index contributed by atoms with van der Waals surface area (Å²) < 4.78 is 14.5. The van der Waals surface area contributed by atoms with Crippen molar-refractivity contribution >= 4 is 15.9 Å². The number of aromatic hydroxyl groups is 1. The van der Waals surface area contributed by atoms with Crippen molar-refractivity contribution in [3.05, 3.63) is 28.2 Å². The molecule has 78 valence electrons. The molecular formula is C10H13BrFNO. The zero-order valence-electron chi connectivity index (χ0n) is 8.14. The fourth-order valence-electron chi connectivity index (χ4n) is 1.27. The maximum Gasteiger partial charge on any atom is 0.145 e. The molecule has 2 nitrogen and oxygen atoms in total. The second-order valence-corrected chi connectivity index (χ2v) is 4.25. The van der Waals surface area contributed by atoms with Crippen LogP contribution in [0.4, 0.5) is 4.39 Å². The number of hydrogen-bond donors (Lipinski definition) is 2. The lowest BCUT2D eigenvalue weighted by molar-refractivity contribution is 0.190. The summed E-state index contributed by atoms with van der Waals surface area (Å²) in [6.07, 6.45) is 0. The van der Waals surface area contributed by atoms with Gasteiger partial charge in [0, 0.05) is 6.54 Å². The first-order valence-electron chi connectivity index (χ1n) is 4.30. The number of phenolic OH excluding ortho intramolecular Hbond substituents is 1. The van der Waals surface area contributed by atoms with Gasteiger partial charge in [-0.2, -0.15) is 0 Å². The maximum absolute atomic E-state index is 14.0. The number of benzene rings is 1. The number of phenols is 1. The summed E-state index contributed by atoms with van der Waals surface area (Å²) in [7, 11) is 1.70. The molecule has 0 saturated heterocycles. The fraction of sp³-hybridized carbons (Fsp3) is 0.400. The molecule has 0 fully saturated rings. The quantitative estimate of drug-likeness (QED) is 0.877. The number of hydrogen-bond acceptors (Lipinski definition) is 2. The van der Waals surface area contributed by atoms with Gasteiger partial charge in [0.2, 0.25) is 0 Å². The Bertz CT molecular complexity index is 328. The molecule has 1 atom stereocenters. The molecule has 0 bridgehead atoms. The standard InChI is InChI=1S/C10H13BrFNO/c1-10(12,6-13-2)7-3-4-9(14)8(11)5-7/h3-5,13-14H,6H2,1-2H3. The molecule has 0 aromatic heterocycles. The van der Waals surface area contributed by atoms with Crippen molar-refractivity contribution in [1.29, 1.82) is 0 Å². The highest BCUT2D eigenvalue weighted by atomic mass is 79.9. The molecule has 0 saturated carbocycles. The molecule has 0 amide bonds. The Kier molecular flexibility index (Phi) is 3.50. The summed E-state index contributed by atoms with van der Waals surface area (Å²) in [5.74, 6) is 0.119. The molecule has 14 heavy (non-hydrogen) atoms. The van der Waals surface area contributed by atoms with Crippen molar-refractivity contribution in [3.8, 4) is 5.75 Å². The highest BCUT2D eigenvalue weighted by molar-refractivity contribution is 9.10. The van der Waals surface area contributed by atoms with Crippen molar-refractivity contribution in [2.45, 2.75) is 12.6 Å². The third-order valence-electron chi connectivity index (χ3n) is 2.06. The number of halogens is 2. The van der Waals surface area contributed by atoms with E-state index in [1.807, 2.05) is 0 Å². The minimum atomic E-state index is -1.43. The van der Waals surface area contributed by atoms with E-state index in [4.69, 9.17) is 0 Å². The van der Waals surface area contributed by atoms with Crippen LogP contribution in [-0.2, 0) is 5.67 Å². The van der Waals surface area contributed by atoms with Gasteiger partial charge in [0.1, 0.15) is 11.4 Å². The highest BCUT2D eigenvalue weighted by Crippen LogP contribution is 2.31. The molecule has 1 aromatic rings. The number of nitrogens with one attached hydrogen (secondary N) is 1. The molecule has 1 rings (SSSR count). The smallest absolute Gasteiger partial charge is 0.145 e. The third kappa shape index (κ3) is 2.45. The minimum absolute atomic E-state index is 0.119. The Hall–Kier alpha value is -0.610. The van der Waals surface area contributed by atoms with E-state index in [1.165, 1.54) is 13.0 Å². The average Bonchev–Trinajstić information content (AvgIpc) is 2.09. The molecule has 0 heterocycles. The zero-order valence-corrected chi connectivity index (χ0v) is 9.73. The summed E-state index contributed by atoms with van der Waals surface area (Å²) in [6.45, 7) is 1.74. The van der Waals surface area contributed by atoms with E-state index < -0.39 is 5.67 Å². The van der Waals surface area contributed by atoms with Crippen LogP contribution >= 0.6 is 15.9 Å². The average molecular weight is 262 g/mol. The summed E-state index contributed by atoms with van der Waals surface area (Å²) in [6, 6.07) is 4.65. The van der Waals surface area contributed by atoms with Crippen LogP contribution in [-0.4, -0.2) is 18.7 Å². The van der Waals surface area contributed by atoms with Gasteiger partial charge in [-0.25, -0.2) is 4.39 Å². The SMILES string of the molecule is CNCC(C)(F)c1ccc(O)c(Br)c1. The van der Waals surface area contributed by atoms with Crippen LogP contribution in [0.2, 0.25) is 0 Å². The van der Waals surface area contributed by atoms with E-state index in [2.05, 4.69) is 21.2 Å². The van der Waals surface area contributed by atoms with Gasteiger partial charge < -0.3 is 10.4 Å². The fourth-order valence-corrected chi connectivity index (χ4v) is 1.64. The molecule has 1 unspecified atom stereocenters. The minimum Gasteiger partial charge on any atom is -0.507 e. The van der Waals surface area contributed by atoms with Crippen LogP contribution in [0.15, 0.2) is 22.7 Å². The maximum atomic E-state index is 14.0. The van der Waals surface area contributed by atoms with Crippen LogP contribution in [0.25, 0.3) is 0 Å². The Balaban J connectivity index is 3.01. The van der Waals surface area contributed by atoms with E-state index in [0.717, 1.165) is 0 Å². The van der Waals surface area contributed by atoms with Gasteiger partial charge in [0.05, 0.1) is 4.47 Å². The number of likely N-dealkylation sites (N-methyl/N-ethyl adjacent to an activating group) is 1. The first-order chi connectivity index (χ1) is 6.47. The molecule has 1 aromatic carbocycles. The molecule has 0 spiro atoms.